The third-order valence-corrected chi connectivity index (χ3v) is 3.15. The van der Waals surface area contributed by atoms with Crippen LogP contribution in [0.2, 0.25) is 0 Å². The number of carbonyl (C=O) groups is 1. The van der Waals surface area contributed by atoms with E-state index in [1.54, 1.807) is 11.3 Å². The Labute approximate surface area is 91.5 Å². The second-order valence-corrected chi connectivity index (χ2v) is 4.29. The smallest absolute Gasteiger partial charge is 0.328 e. The number of allylic oxidation sites excluding steroid dienone is 1. The molecule has 76 valence electrons. The predicted molar refractivity (Wildman–Crippen MR) is 63.1 cm³/mol. The Morgan fingerprint density at radius 3 is 2.93 bits per heavy atom. The summed E-state index contributed by atoms with van der Waals surface area (Å²) in [5.74, 6) is -0.905. The minimum atomic E-state index is -0.905. The number of hydrogen-bond donors (Lipinski definition) is 1. The molecular weight excluding hydrogens is 208 g/mol. The van der Waals surface area contributed by atoms with Gasteiger partial charge in [0.2, 0.25) is 0 Å². The molecule has 3 heteroatoms. The van der Waals surface area contributed by atoms with Gasteiger partial charge in [0, 0.05) is 10.8 Å². The van der Waals surface area contributed by atoms with Crippen molar-refractivity contribution in [1.29, 1.82) is 0 Å². The molecule has 0 spiro atoms. The van der Waals surface area contributed by atoms with Gasteiger partial charge in [-0.25, -0.2) is 4.79 Å². The van der Waals surface area contributed by atoms with Gasteiger partial charge in [0.25, 0.3) is 0 Å². The van der Waals surface area contributed by atoms with Crippen LogP contribution in [0.25, 0.3) is 15.7 Å². The average Bonchev–Trinajstić information content (AvgIpc) is 2.62. The van der Waals surface area contributed by atoms with Crippen LogP contribution in [0.4, 0.5) is 0 Å². The van der Waals surface area contributed by atoms with E-state index in [0.717, 1.165) is 16.5 Å². The van der Waals surface area contributed by atoms with Crippen LogP contribution in [-0.2, 0) is 4.79 Å². The lowest BCUT2D eigenvalue weighted by Crippen LogP contribution is -1.89. The SMILES string of the molecule is C/C(=C/C(=O)O)c1ccc2sccc2c1. The first-order valence-electron chi connectivity index (χ1n) is 4.55. The third-order valence-electron chi connectivity index (χ3n) is 2.25. The molecule has 0 aliphatic heterocycles. The van der Waals surface area contributed by atoms with Crippen LogP contribution in [-0.4, -0.2) is 11.1 Å². The molecule has 0 amide bonds. The van der Waals surface area contributed by atoms with Crippen LogP contribution < -0.4 is 0 Å². The van der Waals surface area contributed by atoms with Crippen molar-refractivity contribution >= 4 is 33.0 Å². The summed E-state index contributed by atoms with van der Waals surface area (Å²) in [6.07, 6.45) is 1.23. The summed E-state index contributed by atoms with van der Waals surface area (Å²) in [7, 11) is 0. The van der Waals surface area contributed by atoms with Crippen molar-refractivity contribution in [3.05, 3.63) is 41.3 Å². The van der Waals surface area contributed by atoms with Gasteiger partial charge in [0.05, 0.1) is 0 Å². The van der Waals surface area contributed by atoms with Gasteiger partial charge in [0.15, 0.2) is 0 Å². The molecule has 0 unspecified atom stereocenters. The number of benzene rings is 1. The van der Waals surface area contributed by atoms with Crippen molar-refractivity contribution in [1.82, 2.24) is 0 Å². The third kappa shape index (κ3) is 2.07. The molecule has 0 atom stereocenters. The van der Waals surface area contributed by atoms with Crippen LogP contribution >= 0.6 is 11.3 Å². The highest BCUT2D eigenvalue weighted by Gasteiger charge is 2.01. The second kappa shape index (κ2) is 3.87. The van der Waals surface area contributed by atoms with Crippen molar-refractivity contribution in [2.45, 2.75) is 6.92 Å². The van der Waals surface area contributed by atoms with Gasteiger partial charge in [-0.3, -0.25) is 0 Å². The Morgan fingerprint density at radius 2 is 2.20 bits per heavy atom. The lowest BCUT2D eigenvalue weighted by Gasteiger charge is -2.00. The molecule has 0 bridgehead atoms. The fourth-order valence-corrected chi connectivity index (χ4v) is 2.25. The first kappa shape index (κ1) is 9.93. The van der Waals surface area contributed by atoms with Gasteiger partial charge >= 0.3 is 5.97 Å². The number of rotatable bonds is 2. The molecule has 1 N–H and O–H groups in total. The molecule has 2 nitrogen and oxygen atoms in total. The summed E-state index contributed by atoms with van der Waals surface area (Å²) in [6, 6.07) is 8.03. The molecule has 2 rings (SSSR count). The van der Waals surface area contributed by atoms with Gasteiger partial charge in [-0.2, -0.15) is 0 Å². The maximum Gasteiger partial charge on any atom is 0.328 e. The van der Waals surface area contributed by atoms with E-state index < -0.39 is 5.97 Å². The van der Waals surface area contributed by atoms with E-state index in [2.05, 4.69) is 0 Å². The average molecular weight is 218 g/mol. The van der Waals surface area contributed by atoms with E-state index in [1.165, 1.54) is 10.8 Å². The molecule has 1 aromatic heterocycles. The highest BCUT2D eigenvalue weighted by atomic mass is 32.1. The zero-order valence-electron chi connectivity index (χ0n) is 8.23. The number of thiophene rings is 1. The molecule has 0 saturated carbocycles. The first-order valence-corrected chi connectivity index (χ1v) is 5.43. The molecule has 0 fully saturated rings. The molecule has 0 aliphatic carbocycles. The summed E-state index contributed by atoms with van der Waals surface area (Å²) in [5.41, 5.74) is 1.74. The van der Waals surface area contributed by atoms with Crippen LogP contribution in [0.5, 0.6) is 0 Å². The maximum atomic E-state index is 10.5. The molecular formula is C12H10O2S. The Morgan fingerprint density at radius 1 is 1.40 bits per heavy atom. The number of hydrogen-bond acceptors (Lipinski definition) is 2. The van der Waals surface area contributed by atoms with E-state index in [1.807, 2.05) is 36.6 Å². The topological polar surface area (TPSA) is 37.3 Å². The van der Waals surface area contributed by atoms with Crippen LogP contribution in [0.15, 0.2) is 35.7 Å². The fourth-order valence-electron chi connectivity index (χ4n) is 1.48. The molecule has 0 radical (unpaired) electrons. The van der Waals surface area contributed by atoms with Gasteiger partial charge in [-0.15, -0.1) is 11.3 Å². The summed E-state index contributed by atoms with van der Waals surface area (Å²) >= 11 is 1.69. The first-order chi connectivity index (χ1) is 7.16. The number of carboxylic acid groups (broad SMARTS) is 1. The fraction of sp³-hybridized carbons (Fsp3) is 0.0833. The summed E-state index contributed by atoms with van der Waals surface area (Å²) in [6.45, 7) is 1.81. The van der Waals surface area contributed by atoms with Gasteiger partial charge in [0.1, 0.15) is 0 Å². The Bertz CT molecular complexity index is 537. The molecule has 1 heterocycles. The normalized spacial score (nSPS) is 11.9. The summed E-state index contributed by atoms with van der Waals surface area (Å²) in [4.78, 5) is 10.5. The largest absolute Gasteiger partial charge is 0.478 e. The van der Waals surface area contributed by atoms with Crippen molar-refractivity contribution in [3.63, 3.8) is 0 Å². The lowest BCUT2D eigenvalue weighted by molar-refractivity contribution is -0.131. The number of carboxylic acids is 1. The molecule has 0 aliphatic rings. The summed E-state index contributed by atoms with van der Waals surface area (Å²) < 4.78 is 1.22. The molecule has 2 aromatic rings. The predicted octanol–water partition coefficient (Wildman–Crippen LogP) is 3.39. The molecule has 1 aromatic carbocycles. The van der Waals surface area contributed by atoms with Crippen LogP contribution in [0, 0.1) is 0 Å². The van der Waals surface area contributed by atoms with E-state index in [9.17, 15) is 4.79 Å². The standard InChI is InChI=1S/C12H10O2S/c1-8(6-12(13)14)9-2-3-11-10(7-9)4-5-15-11/h2-7H,1H3,(H,13,14)/b8-6-. The maximum absolute atomic E-state index is 10.5. The number of aliphatic carboxylic acids is 1. The van der Waals surface area contributed by atoms with Gasteiger partial charge in [-0.05, 0) is 47.0 Å². The van der Waals surface area contributed by atoms with E-state index >= 15 is 0 Å². The van der Waals surface area contributed by atoms with Gasteiger partial charge < -0.3 is 5.11 Å². The Balaban J connectivity index is 2.48. The van der Waals surface area contributed by atoms with Crippen LogP contribution in [0.3, 0.4) is 0 Å². The zero-order chi connectivity index (χ0) is 10.8. The Kier molecular flexibility index (Phi) is 2.56. The van der Waals surface area contributed by atoms with Crippen molar-refractivity contribution in [3.8, 4) is 0 Å². The van der Waals surface area contributed by atoms with E-state index in [-0.39, 0.29) is 0 Å². The quantitative estimate of drug-likeness (QED) is 0.784. The lowest BCUT2D eigenvalue weighted by atomic mass is 10.1. The monoisotopic (exact) mass is 218 g/mol. The molecule has 15 heavy (non-hydrogen) atoms. The minimum Gasteiger partial charge on any atom is -0.478 e. The van der Waals surface area contributed by atoms with E-state index in [0.29, 0.717) is 0 Å². The molecule has 0 saturated heterocycles. The van der Waals surface area contributed by atoms with Gasteiger partial charge in [-0.1, -0.05) is 6.07 Å². The highest BCUT2D eigenvalue weighted by Crippen LogP contribution is 2.24. The zero-order valence-corrected chi connectivity index (χ0v) is 9.04. The van der Waals surface area contributed by atoms with Crippen molar-refractivity contribution in [2.24, 2.45) is 0 Å². The number of fused-ring (bicyclic) bond motifs is 1. The van der Waals surface area contributed by atoms with Crippen LogP contribution in [0.1, 0.15) is 12.5 Å². The van der Waals surface area contributed by atoms with Crippen molar-refractivity contribution in [2.75, 3.05) is 0 Å². The second-order valence-electron chi connectivity index (χ2n) is 3.34. The van der Waals surface area contributed by atoms with E-state index in [4.69, 9.17) is 5.11 Å². The highest BCUT2D eigenvalue weighted by molar-refractivity contribution is 7.17. The minimum absolute atomic E-state index is 0.774. The summed E-state index contributed by atoms with van der Waals surface area (Å²) in [5, 5.41) is 11.8. The van der Waals surface area contributed by atoms with Crippen molar-refractivity contribution < 1.29 is 9.90 Å². The Hall–Kier alpha value is -1.61.